The number of hydrogen-bond donors (Lipinski definition) is 1. The molecule has 138 valence electrons. The number of nitro benzene ring substituents is 1. The van der Waals surface area contributed by atoms with E-state index in [-0.39, 0.29) is 21.2 Å². The van der Waals surface area contributed by atoms with E-state index < -0.39 is 26.9 Å². The van der Waals surface area contributed by atoms with Gasteiger partial charge >= 0.3 is 0 Å². The van der Waals surface area contributed by atoms with E-state index >= 15 is 0 Å². The van der Waals surface area contributed by atoms with E-state index in [1.165, 1.54) is 29.2 Å². The third-order valence-electron chi connectivity index (χ3n) is 3.99. The molecule has 0 saturated heterocycles. The topological polar surface area (TPSA) is 124 Å². The van der Waals surface area contributed by atoms with Crippen LogP contribution in [0.15, 0.2) is 47.4 Å². The largest absolute Gasteiger partial charge is 0.335 e. The molecule has 0 bridgehead atoms. The highest BCUT2D eigenvalue weighted by Gasteiger charge is 2.22. The number of nitro groups is 1. The first-order chi connectivity index (χ1) is 12.0. The van der Waals surface area contributed by atoms with Gasteiger partial charge in [-0.25, -0.2) is 13.6 Å². The van der Waals surface area contributed by atoms with Gasteiger partial charge in [-0.3, -0.25) is 14.9 Å². The Bertz CT molecular complexity index is 960. The number of amides is 1. The normalized spacial score (nSPS) is 12.5. The van der Waals surface area contributed by atoms with Crippen LogP contribution >= 0.6 is 11.6 Å². The second kappa shape index (κ2) is 7.40. The molecule has 0 spiro atoms. The first-order valence-electron chi connectivity index (χ1n) is 7.36. The predicted molar refractivity (Wildman–Crippen MR) is 96.4 cm³/mol. The molecule has 0 fully saturated rings. The summed E-state index contributed by atoms with van der Waals surface area (Å²) in [5.41, 5.74) is 0.611. The van der Waals surface area contributed by atoms with Gasteiger partial charge in [-0.1, -0.05) is 23.7 Å². The first kappa shape index (κ1) is 19.8. The number of nitrogens with two attached hydrogens (primary N) is 1. The average Bonchev–Trinajstić information content (AvgIpc) is 2.59. The van der Waals surface area contributed by atoms with Gasteiger partial charge in [0.05, 0.1) is 26.4 Å². The van der Waals surface area contributed by atoms with Gasteiger partial charge in [-0.2, -0.15) is 0 Å². The third-order valence-corrected chi connectivity index (χ3v) is 5.23. The first-order valence-corrected chi connectivity index (χ1v) is 9.28. The molecule has 0 radical (unpaired) electrons. The van der Waals surface area contributed by atoms with Gasteiger partial charge in [0.1, 0.15) is 0 Å². The second-order valence-corrected chi connectivity index (χ2v) is 7.60. The number of non-ortho nitro benzene ring substituents is 1. The maximum absolute atomic E-state index is 12.6. The second-order valence-electron chi connectivity index (χ2n) is 5.63. The lowest BCUT2D eigenvalue weighted by molar-refractivity contribution is -0.384. The summed E-state index contributed by atoms with van der Waals surface area (Å²) >= 11 is 6.00. The van der Waals surface area contributed by atoms with Crippen LogP contribution in [0.25, 0.3) is 0 Å². The standard InChI is InChI=1S/C16H16ClN3O5S/c1-10(11-3-6-13(7-4-11)26(18,24)25)19(2)16(21)14-8-5-12(20(22)23)9-15(14)17/h3-10H,1-2H3,(H2,18,24,25). The summed E-state index contributed by atoms with van der Waals surface area (Å²) in [4.78, 5) is 24.2. The Morgan fingerprint density at radius 1 is 1.23 bits per heavy atom. The number of sulfonamides is 1. The SMILES string of the molecule is CC(c1ccc(S(N)(=O)=O)cc1)N(C)C(=O)c1ccc([N+](=O)[O-])cc1Cl. The van der Waals surface area contributed by atoms with Crippen LogP contribution < -0.4 is 5.14 Å². The van der Waals surface area contributed by atoms with E-state index in [0.29, 0.717) is 5.56 Å². The molecule has 10 heteroatoms. The quantitative estimate of drug-likeness (QED) is 0.613. The smallest absolute Gasteiger partial charge is 0.270 e. The summed E-state index contributed by atoms with van der Waals surface area (Å²) in [5, 5.41) is 15.8. The van der Waals surface area contributed by atoms with E-state index in [1.54, 1.807) is 26.1 Å². The zero-order chi connectivity index (χ0) is 19.6. The van der Waals surface area contributed by atoms with E-state index in [4.69, 9.17) is 16.7 Å². The fraction of sp³-hybridized carbons (Fsp3) is 0.188. The minimum Gasteiger partial charge on any atom is -0.335 e. The maximum Gasteiger partial charge on any atom is 0.270 e. The molecule has 8 nitrogen and oxygen atoms in total. The van der Waals surface area contributed by atoms with Crippen molar-refractivity contribution in [1.29, 1.82) is 0 Å². The van der Waals surface area contributed by atoms with Crippen molar-refractivity contribution >= 4 is 33.2 Å². The monoisotopic (exact) mass is 397 g/mol. The summed E-state index contributed by atoms with van der Waals surface area (Å²) in [5.74, 6) is -0.423. The Morgan fingerprint density at radius 3 is 2.27 bits per heavy atom. The highest BCUT2D eigenvalue weighted by atomic mass is 35.5. The van der Waals surface area contributed by atoms with Gasteiger partial charge in [-0.15, -0.1) is 0 Å². The van der Waals surface area contributed by atoms with Crippen molar-refractivity contribution in [2.75, 3.05) is 7.05 Å². The predicted octanol–water partition coefficient (Wildman–Crippen LogP) is 2.73. The minimum atomic E-state index is -3.79. The molecule has 0 aromatic heterocycles. The lowest BCUT2D eigenvalue weighted by atomic mass is 10.1. The molecular formula is C16H16ClN3O5S. The van der Waals surface area contributed by atoms with Gasteiger partial charge in [0, 0.05) is 19.2 Å². The van der Waals surface area contributed by atoms with Gasteiger partial charge in [-0.05, 0) is 30.7 Å². The Kier molecular flexibility index (Phi) is 5.65. The van der Waals surface area contributed by atoms with E-state index in [2.05, 4.69) is 0 Å². The van der Waals surface area contributed by atoms with Crippen LogP contribution in [0.5, 0.6) is 0 Å². The van der Waals surface area contributed by atoms with Gasteiger partial charge in [0.15, 0.2) is 0 Å². The summed E-state index contributed by atoms with van der Waals surface area (Å²) in [6.45, 7) is 1.75. The zero-order valence-corrected chi connectivity index (χ0v) is 15.5. The van der Waals surface area contributed by atoms with Crippen LogP contribution in [-0.2, 0) is 10.0 Å². The molecule has 0 aliphatic heterocycles. The van der Waals surface area contributed by atoms with Crippen LogP contribution in [0.4, 0.5) is 5.69 Å². The molecule has 1 atom stereocenters. The number of rotatable bonds is 5. The Balaban J connectivity index is 2.26. The minimum absolute atomic E-state index is 0.0205. The number of carbonyl (C=O) groups excluding carboxylic acids is 1. The van der Waals surface area contributed by atoms with Crippen LogP contribution in [0.1, 0.15) is 28.9 Å². The average molecular weight is 398 g/mol. The van der Waals surface area contributed by atoms with Gasteiger partial charge < -0.3 is 4.90 Å². The fourth-order valence-corrected chi connectivity index (χ4v) is 3.09. The molecule has 26 heavy (non-hydrogen) atoms. The summed E-state index contributed by atoms with van der Waals surface area (Å²) in [7, 11) is -2.24. The molecule has 1 unspecified atom stereocenters. The lowest BCUT2D eigenvalue weighted by Crippen LogP contribution is -2.30. The number of nitrogens with zero attached hydrogens (tertiary/aromatic N) is 2. The van der Waals surface area contributed by atoms with Crippen molar-refractivity contribution in [2.24, 2.45) is 5.14 Å². The molecule has 2 N–H and O–H groups in total. The zero-order valence-electron chi connectivity index (χ0n) is 13.9. The van der Waals surface area contributed by atoms with Crippen molar-refractivity contribution in [2.45, 2.75) is 17.9 Å². The highest BCUT2D eigenvalue weighted by molar-refractivity contribution is 7.89. The van der Waals surface area contributed by atoms with E-state index in [0.717, 1.165) is 6.07 Å². The summed E-state index contributed by atoms with van der Waals surface area (Å²) in [6, 6.07) is 9.07. The van der Waals surface area contributed by atoms with Crippen molar-refractivity contribution in [3.8, 4) is 0 Å². The number of hydrogen-bond acceptors (Lipinski definition) is 5. The van der Waals surface area contributed by atoms with Gasteiger partial charge in [0.2, 0.25) is 10.0 Å². The molecule has 0 aliphatic carbocycles. The number of halogens is 1. The Morgan fingerprint density at radius 2 is 1.81 bits per heavy atom. The fourth-order valence-electron chi connectivity index (χ4n) is 2.32. The van der Waals surface area contributed by atoms with Crippen molar-refractivity contribution < 1.29 is 18.1 Å². The summed E-state index contributed by atoms with van der Waals surface area (Å²) in [6.07, 6.45) is 0. The van der Waals surface area contributed by atoms with Crippen LogP contribution in [0.2, 0.25) is 5.02 Å². The van der Waals surface area contributed by atoms with E-state index in [1.807, 2.05) is 0 Å². The van der Waals surface area contributed by atoms with Crippen LogP contribution in [0, 0.1) is 10.1 Å². The molecule has 0 saturated carbocycles. The molecule has 2 aromatic rings. The molecule has 1 amide bonds. The lowest BCUT2D eigenvalue weighted by Gasteiger charge is -2.26. The molecular weight excluding hydrogens is 382 g/mol. The molecule has 0 aliphatic rings. The molecule has 0 heterocycles. The van der Waals surface area contributed by atoms with Crippen molar-refractivity contribution in [3.05, 3.63) is 68.7 Å². The van der Waals surface area contributed by atoms with E-state index in [9.17, 15) is 23.3 Å². The number of benzene rings is 2. The van der Waals surface area contributed by atoms with Crippen LogP contribution in [-0.4, -0.2) is 31.2 Å². The van der Waals surface area contributed by atoms with Crippen LogP contribution in [0.3, 0.4) is 0 Å². The Hall–Kier alpha value is -2.49. The Labute approximate surface area is 155 Å². The summed E-state index contributed by atoms with van der Waals surface area (Å²) < 4.78 is 22.6. The number of carbonyl (C=O) groups is 1. The number of primary sulfonamides is 1. The molecule has 2 rings (SSSR count). The van der Waals surface area contributed by atoms with Crippen molar-refractivity contribution in [1.82, 2.24) is 4.90 Å². The highest BCUT2D eigenvalue weighted by Crippen LogP contribution is 2.27. The van der Waals surface area contributed by atoms with Gasteiger partial charge in [0.25, 0.3) is 11.6 Å². The third kappa shape index (κ3) is 4.18. The maximum atomic E-state index is 12.6. The molecule has 2 aromatic carbocycles. The van der Waals surface area contributed by atoms with Crippen molar-refractivity contribution in [3.63, 3.8) is 0 Å².